The summed E-state index contributed by atoms with van der Waals surface area (Å²) < 4.78 is 0. The first kappa shape index (κ1) is 99.7. The number of nitrogens with zero attached hydrogens (tertiary/aromatic N) is 5. The molecule has 5 heteroatoms. The fourth-order valence-corrected chi connectivity index (χ4v) is 16.5. The molecule has 0 radical (unpaired) electrons. The number of hydrogen-bond donors (Lipinski definition) is 0. The van der Waals surface area contributed by atoms with E-state index in [1.54, 1.807) is 0 Å². The molecule has 0 amide bonds. The van der Waals surface area contributed by atoms with Crippen molar-refractivity contribution in [3.63, 3.8) is 0 Å². The van der Waals surface area contributed by atoms with E-state index in [0.717, 1.165) is 0 Å². The summed E-state index contributed by atoms with van der Waals surface area (Å²) in [6.45, 7) is 40.0. The number of fused-ring (bicyclic) bond motifs is 22. The minimum Gasteiger partial charge on any atom is -0.344 e. The van der Waals surface area contributed by atoms with E-state index < -0.39 is 0 Å². The molecule has 0 aliphatic carbocycles. The smallest absolute Gasteiger partial charge is 0.0561 e. The van der Waals surface area contributed by atoms with Crippen LogP contribution in [0.4, 0.5) is 56.9 Å². The maximum Gasteiger partial charge on any atom is 0.0561 e. The van der Waals surface area contributed by atoms with Crippen LogP contribution in [-0.4, -0.2) is 35.2 Å². The first-order valence-electron chi connectivity index (χ1n) is 47.2. The molecular weight excluding hydrogens is 1550 g/mol. The van der Waals surface area contributed by atoms with Crippen LogP contribution in [0.2, 0.25) is 0 Å². The standard InChI is InChI=1S/2C23H17N.3C19H15N.10C2H6/c1-24-22-15-13-16-6-2-4-8-19(16)21(22)14-12-18-11-10-17-7-3-5-9-20(17)23(18)24;1-24-22-15-19-8-3-2-7-18(19)14-20(22)13-12-17-11-10-16-6-4-5-9-21(16)23(17)24;1-20-18-9-5-3-7-15(18)10-12-17-16-8-4-2-6-14(16)11-13-19(17)20;1-20-18-9-5-3-7-15(18)11-13-16-12-10-14-6-2-4-8-17(14)19(16)20;1-20-18-9-5-4-6-14(18)10-11-17-12-15-7-2-3-8-16(15)13-19(17)20;10*1-2/h2*2-15H,1H3;3*2-13H,1H3;10*1-2H3. The SMILES string of the molecule is CC.CC.CC.CC.CC.CC.CC.CC.CC.CC.CN1c2cc3ccccc3cc2C=Cc2ccc3ccccc3c21.CN1c2ccc3ccccc3c2C=Cc2ccc3ccccc3c21.CN1c2ccccc2C=Cc2c1ccc1ccccc21.CN1c2ccccc2C=Cc2cc3ccccc3cc21.CN1c2ccccc2C=Cc2ccc3ccccc3c21. The molecule has 0 saturated heterocycles. The fraction of sp³-hybridized carbons (Fsp3) is 0.203. The molecule has 5 aliphatic heterocycles. The van der Waals surface area contributed by atoms with Gasteiger partial charge in [-0.2, -0.15) is 0 Å². The summed E-state index contributed by atoms with van der Waals surface area (Å²) in [7, 11) is 10.8. The van der Waals surface area contributed by atoms with Gasteiger partial charge in [0.05, 0.1) is 17.1 Å². The highest BCUT2D eigenvalue weighted by molar-refractivity contribution is 6.10. The third-order valence-corrected chi connectivity index (χ3v) is 22.0. The van der Waals surface area contributed by atoms with E-state index in [9.17, 15) is 0 Å². The lowest BCUT2D eigenvalue weighted by Gasteiger charge is -2.24. The molecule has 0 unspecified atom stereocenters. The number of rotatable bonds is 0. The van der Waals surface area contributed by atoms with Gasteiger partial charge in [0.15, 0.2) is 0 Å². The van der Waals surface area contributed by atoms with Crippen molar-refractivity contribution in [2.24, 2.45) is 0 Å². The molecule has 0 bridgehead atoms. The first-order valence-corrected chi connectivity index (χ1v) is 47.2. The Hall–Kier alpha value is -13.7. The van der Waals surface area contributed by atoms with E-state index in [0.29, 0.717) is 0 Å². The Morgan fingerprint density at radius 1 is 0.133 bits per heavy atom. The van der Waals surface area contributed by atoms with E-state index in [4.69, 9.17) is 0 Å². The first-order chi connectivity index (χ1) is 63.1. The monoisotopic (exact) mass is 1690 g/mol. The lowest BCUT2D eigenvalue weighted by atomic mass is 10.0. The van der Waals surface area contributed by atoms with Gasteiger partial charge in [-0.3, -0.25) is 0 Å². The van der Waals surface area contributed by atoms with E-state index in [1.165, 1.54) is 188 Å². The van der Waals surface area contributed by atoms with Crippen LogP contribution in [0.3, 0.4) is 0 Å². The maximum atomic E-state index is 2.33. The molecule has 656 valence electrons. The van der Waals surface area contributed by atoms with E-state index >= 15 is 0 Å². The zero-order valence-corrected chi connectivity index (χ0v) is 81.2. The summed E-state index contributed by atoms with van der Waals surface area (Å²) in [5.41, 5.74) is 25.3. The molecule has 0 fully saturated rings. The quantitative estimate of drug-likeness (QED) is 0.150. The van der Waals surface area contributed by atoms with Gasteiger partial charge in [0.2, 0.25) is 0 Å². The second kappa shape index (κ2) is 51.0. The molecule has 5 aliphatic rings. The molecule has 17 aromatic rings. The van der Waals surface area contributed by atoms with Crippen molar-refractivity contribution in [2.75, 3.05) is 59.7 Å². The van der Waals surface area contributed by atoms with Gasteiger partial charge in [-0.1, -0.05) is 472 Å². The van der Waals surface area contributed by atoms with Crippen molar-refractivity contribution < 1.29 is 0 Å². The van der Waals surface area contributed by atoms with Crippen LogP contribution in [0.25, 0.3) is 136 Å². The van der Waals surface area contributed by atoms with Crippen molar-refractivity contribution in [1.82, 2.24) is 0 Å². The Labute approximate surface area is 769 Å². The van der Waals surface area contributed by atoms with Gasteiger partial charge >= 0.3 is 0 Å². The Kier molecular flexibility index (Phi) is 39.7. The van der Waals surface area contributed by atoms with Gasteiger partial charge in [-0.25, -0.2) is 0 Å². The molecule has 17 aromatic carbocycles. The highest BCUT2D eigenvalue weighted by atomic mass is 15.1. The van der Waals surface area contributed by atoms with Gasteiger partial charge in [0.1, 0.15) is 0 Å². The van der Waals surface area contributed by atoms with Gasteiger partial charge in [-0.15, -0.1) is 0 Å². The number of benzene rings is 17. The minimum absolute atomic E-state index is 1.25. The number of hydrogen-bond acceptors (Lipinski definition) is 5. The second-order valence-electron chi connectivity index (χ2n) is 28.3. The van der Waals surface area contributed by atoms with Crippen LogP contribution in [-0.2, 0) is 0 Å². The summed E-state index contributed by atoms with van der Waals surface area (Å²) in [4.78, 5) is 11.5. The second-order valence-corrected chi connectivity index (χ2v) is 28.3. The molecule has 0 N–H and O–H groups in total. The predicted molar refractivity (Wildman–Crippen MR) is 585 cm³/mol. The van der Waals surface area contributed by atoms with E-state index in [2.05, 4.69) is 448 Å². The summed E-state index contributed by atoms with van der Waals surface area (Å²) >= 11 is 0. The molecule has 5 nitrogen and oxygen atoms in total. The van der Waals surface area contributed by atoms with Crippen LogP contribution < -0.4 is 24.5 Å². The van der Waals surface area contributed by atoms with Crippen molar-refractivity contribution in [2.45, 2.75) is 138 Å². The van der Waals surface area contributed by atoms with Crippen molar-refractivity contribution in [3.8, 4) is 0 Å². The molecule has 128 heavy (non-hydrogen) atoms. The van der Waals surface area contributed by atoms with Crippen molar-refractivity contribution in [3.05, 3.63) is 383 Å². The minimum atomic E-state index is 1.25. The zero-order valence-electron chi connectivity index (χ0n) is 81.2. The van der Waals surface area contributed by atoms with Crippen LogP contribution >= 0.6 is 0 Å². The van der Waals surface area contributed by atoms with E-state index in [1.807, 2.05) is 138 Å². The lowest BCUT2D eigenvalue weighted by Crippen LogP contribution is -2.11. The largest absolute Gasteiger partial charge is 0.344 e. The summed E-state index contributed by atoms with van der Waals surface area (Å²) in [6.07, 6.45) is 22.3. The maximum absolute atomic E-state index is 2.33. The van der Waals surface area contributed by atoms with Crippen LogP contribution in [0.5, 0.6) is 0 Å². The van der Waals surface area contributed by atoms with Crippen molar-refractivity contribution >= 4 is 193 Å². The molecule has 0 spiro atoms. The predicted octanol–water partition coefficient (Wildman–Crippen LogP) is 38.0. The Balaban J connectivity index is 0.000000189. The zero-order chi connectivity index (χ0) is 92.8. The van der Waals surface area contributed by atoms with Crippen molar-refractivity contribution in [1.29, 1.82) is 0 Å². The molecular formula is C123H139N5. The molecule has 0 atom stereocenters. The van der Waals surface area contributed by atoms with Crippen LogP contribution in [0, 0.1) is 0 Å². The summed E-state index contributed by atoms with van der Waals surface area (Å²) in [6, 6.07) is 117. The summed E-state index contributed by atoms with van der Waals surface area (Å²) in [5, 5.41) is 18.0. The third-order valence-electron chi connectivity index (χ3n) is 22.0. The molecule has 0 saturated carbocycles. The third kappa shape index (κ3) is 22.2. The van der Waals surface area contributed by atoms with E-state index in [-0.39, 0.29) is 0 Å². The topological polar surface area (TPSA) is 16.2 Å². The normalized spacial score (nSPS) is 11.4. The summed E-state index contributed by atoms with van der Waals surface area (Å²) in [5.74, 6) is 0. The molecule has 22 rings (SSSR count). The number of para-hydroxylation sites is 3. The highest BCUT2D eigenvalue weighted by Crippen LogP contribution is 2.46. The van der Waals surface area contributed by atoms with Gasteiger partial charge in [0.25, 0.3) is 0 Å². The van der Waals surface area contributed by atoms with Gasteiger partial charge < -0.3 is 24.5 Å². The average molecular weight is 1690 g/mol. The Morgan fingerprint density at radius 2 is 0.336 bits per heavy atom. The van der Waals surface area contributed by atoms with Gasteiger partial charge in [0, 0.05) is 102 Å². The lowest BCUT2D eigenvalue weighted by molar-refractivity contribution is 1.21. The van der Waals surface area contributed by atoms with Gasteiger partial charge in [-0.05, 0) is 158 Å². The fourth-order valence-electron chi connectivity index (χ4n) is 16.5. The Morgan fingerprint density at radius 3 is 0.680 bits per heavy atom. The molecule has 0 aromatic heterocycles. The molecule has 5 heterocycles. The van der Waals surface area contributed by atoms with Crippen LogP contribution in [0.15, 0.2) is 328 Å². The number of anilines is 10. The highest BCUT2D eigenvalue weighted by Gasteiger charge is 2.23. The average Bonchev–Trinajstić information content (AvgIpc) is 1.58. The Bertz CT molecular complexity index is 6480. The van der Waals surface area contributed by atoms with Crippen LogP contribution in [0.1, 0.15) is 194 Å².